The largest absolute Gasteiger partial charge is 0.354 e. The summed E-state index contributed by atoms with van der Waals surface area (Å²) in [6.45, 7) is 0.905. The predicted octanol–water partition coefficient (Wildman–Crippen LogP) is 0.762. The van der Waals surface area contributed by atoms with Gasteiger partial charge in [0.15, 0.2) is 11.6 Å². The molecule has 1 atom stereocenters. The Hall–Kier alpha value is -3.02. The number of hydrogen-bond acceptors (Lipinski definition) is 4. The fraction of sp³-hybridized carbons (Fsp3) is 0.333. The molecular formula is C15H14F2N4O3. The highest BCUT2D eigenvalue weighted by Crippen LogP contribution is 2.29. The fourth-order valence-corrected chi connectivity index (χ4v) is 2.30. The molecule has 0 aliphatic carbocycles. The normalized spacial score (nSPS) is 19.8. The minimum absolute atomic E-state index is 0.0622. The van der Waals surface area contributed by atoms with Gasteiger partial charge in [0.2, 0.25) is 5.91 Å². The number of imide groups is 1. The molecule has 0 aromatic heterocycles. The summed E-state index contributed by atoms with van der Waals surface area (Å²) < 4.78 is 26.5. The summed E-state index contributed by atoms with van der Waals surface area (Å²) in [6, 6.07) is 3.89. The van der Waals surface area contributed by atoms with Gasteiger partial charge in [-0.1, -0.05) is 6.07 Å². The summed E-state index contributed by atoms with van der Waals surface area (Å²) in [4.78, 5) is 36.9. The van der Waals surface area contributed by atoms with E-state index >= 15 is 0 Å². The monoisotopic (exact) mass is 336 g/mol. The van der Waals surface area contributed by atoms with E-state index in [0.29, 0.717) is 4.90 Å². The second-order valence-corrected chi connectivity index (χ2v) is 5.33. The third-order valence-corrected chi connectivity index (χ3v) is 3.63. The zero-order valence-corrected chi connectivity index (χ0v) is 12.7. The lowest BCUT2D eigenvalue weighted by Gasteiger charge is -2.22. The van der Waals surface area contributed by atoms with E-state index < -0.39 is 41.6 Å². The Labute approximate surface area is 136 Å². The summed E-state index contributed by atoms with van der Waals surface area (Å²) in [7, 11) is 0. The van der Waals surface area contributed by atoms with E-state index in [1.54, 1.807) is 0 Å². The Morgan fingerprint density at radius 2 is 2.08 bits per heavy atom. The summed E-state index contributed by atoms with van der Waals surface area (Å²) in [5.41, 5.74) is -1.54. The van der Waals surface area contributed by atoms with E-state index in [1.807, 2.05) is 6.07 Å². The number of benzene rings is 1. The molecule has 7 nitrogen and oxygen atoms in total. The highest BCUT2D eigenvalue weighted by Gasteiger charge is 2.49. The Kier molecular flexibility index (Phi) is 4.78. The topological polar surface area (TPSA) is 102 Å². The lowest BCUT2D eigenvalue weighted by Crippen LogP contribution is -2.43. The van der Waals surface area contributed by atoms with Gasteiger partial charge in [-0.2, -0.15) is 5.26 Å². The zero-order chi connectivity index (χ0) is 17.9. The van der Waals surface area contributed by atoms with Crippen molar-refractivity contribution in [1.82, 2.24) is 15.5 Å². The summed E-state index contributed by atoms with van der Waals surface area (Å²) >= 11 is 0. The maximum atomic E-state index is 13.4. The molecule has 1 aliphatic rings. The molecule has 1 aromatic rings. The first-order chi connectivity index (χ1) is 11.3. The second-order valence-electron chi connectivity index (χ2n) is 5.33. The molecule has 126 valence electrons. The van der Waals surface area contributed by atoms with Crippen LogP contribution >= 0.6 is 0 Å². The number of carbonyl (C=O) groups excluding carboxylic acids is 3. The van der Waals surface area contributed by atoms with E-state index in [-0.39, 0.29) is 18.5 Å². The first-order valence-electron chi connectivity index (χ1n) is 7.03. The predicted molar refractivity (Wildman–Crippen MR) is 77.2 cm³/mol. The SMILES string of the molecule is CC1(c2ccc(F)c(F)c2)NC(=O)N(CC(=O)NCCC#N)C1=O. The molecule has 1 saturated heterocycles. The molecule has 0 spiro atoms. The van der Waals surface area contributed by atoms with Crippen molar-refractivity contribution < 1.29 is 23.2 Å². The van der Waals surface area contributed by atoms with Crippen molar-refractivity contribution in [3.05, 3.63) is 35.4 Å². The molecule has 4 amide bonds. The van der Waals surface area contributed by atoms with Gasteiger partial charge in [0.25, 0.3) is 5.91 Å². The third-order valence-electron chi connectivity index (χ3n) is 3.63. The van der Waals surface area contributed by atoms with Crippen LogP contribution in [0.25, 0.3) is 0 Å². The maximum Gasteiger partial charge on any atom is 0.325 e. The van der Waals surface area contributed by atoms with Crippen LogP contribution in [0.1, 0.15) is 18.9 Å². The van der Waals surface area contributed by atoms with E-state index in [2.05, 4.69) is 10.6 Å². The van der Waals surface area contributed by atoms with Gasteiger partial charge in [-0.3, -0.25) is 14.5 Å². The van der Waals surface area contributed by atoms with E-state index in [0.717, 1.165) is 12.1 Å². The van der Waals surface area contributed by atoms with Crippen LogP contribution in [0.15, 0.2) is 18.2 Å². The van der Waals surface area contributed by atoms with E-state index in [1.165, 1.54) is 13.0 Å². The van der Waals surface area contributed by atoms with Gasteiger partial charge >= 0.3 is 6.03 Å². The number of hydrogen-bond donors (Lipinski definition) is 2. The minimum Gasteiger partial charge on any atom is -0.354 e. The molecule has 1 aliphatic heterocycles. The van der Waals surface area contributed by atoms with Crippen LogP contribution in [0, 0.1) is 23.0 Å². The molecule has 2 N–H and O–H groups in total. The van der Waals surface area contributed by atoms with Gasteiger partial charge in [0.05, 0.1) is 12.5 Å². The third kappa shape index (κ3) is 3.17. The van der Waals surface area contributed by atoms with Gasteiger partial charge in [0.1, 0.15) is 12.1 Å². The molecular weight excluding hydrogens is 322 g/mol. The van der Waals surface area contributed by atoms with Crippen LogP contribution in [0.4, 0.5) is 13.6 Å². The van der Waals surface area contributed by atoms with Crippen molar-refractivity contribution in [3.63, 3.8) is 0 Å². The zero-order valence-electron chi connectivity index (χ0n) is 12.7. The number of rotatable bonds is 5. The van der Waals surface area contributed by atoms with Gasteiger partial charge in [-0.15, -0.1) is 0 Å². The standard InChI is InChI=1S/C15H14F2N4O3/c1-15(9-3-4-10(16)11(17)7-9)13(23)21(14(24)20-15)8-12(22)19-6-2-5-18/h3-4,7H,2,6,8H2,1H3,(H,19,22)(H,20,24). The van der Waals surface area contributed by atoms with Crippen LogP contribution in [0.2, 0.25) is 0 Å². The fourth-order valence-electron chi connectivity index (χ4n) is 2.30. The van der Waals surface area contributed by atoms with Crippen LogP contribution in [0.3, 0.4) is 0 Å². The van der Waals surface area contributed by atoms with Gasteiger partial charge in [-0.25, -0.2) is 13.6 Å². The molecule has 1 aromatic carbocycles. The first kappa shape index (κ1) is 17.3. The van der Waals surface area contributed by atoms with Crippen molar-refractivity contribution >= 4 is 17.8 Å². The van der Waals surface area contributed by atoms with Crippen molar-refractivity contribution in [2.75, 3.05) is 13.1 Å². The van der Waals surface area contributed by atoms with Crippen molar-refractivity contribution in [2.24, 2.45) is 0 Å². The number of carbonyl (C=O) groups is 3. The molecule has 0 saturated carbocycles. The lowest BCUT2D eigenvalue weighted by atomic mass is 9.92. The number of halogens is 2. The van der Waals surface area contributed by atoms with Crippen molar-refractivity contribution in [3.8, 4) is 6.07 Å². The second kappa shape index (κ2) is 6.62. The van der Waals surface area contributed by atoms with Crippen LogP contribution in [-0.2, 0) is 15.1 Å². The van der Waals surface area contributed by atoms with Gasteiger partial charge < -0.3 is 10.6 Å². The molecule has 1 fully saturated rings. The molecule has 9 heteroatoms. The van der Waals surface area contributed by atoms with Crippen molar-refractivity contribution in [2.45, 2.75) is 18.9 Å². The number of urea groups is 1. The lowest BCUT2D eigenvalue weighted by molar-refractivity contribution is -0.134. The average molecular weight is 336 g/mol. The average Bonchev–Trinajstić information content (AvgIpc) is 2.74. The molecule has 0 radical (unpaired) electrons. The molecule has 1 heterocycles. The van der Waals surface area contributed by atoms with Gasteiger partial charge in [-0.05, 0) is 24.6 Å². The molecule has 2 rings (SSSR count). The van der Waals surface area contributed by atoms with Crippen LogP contribution in [0.5, 0.6) is 0 Å². The Morgan fingerprint density at radius 3 is 2.71 bits per heavy atom. The summed E-state index contributed by atoms with van der Waals surface area (Å²) in [5.74, 6) is -3.59. The maximum absolute atomic E-state index is 13.4. The highest BCUT2D eigenvalue weighted by atomic mass is 19.2. The number of amides is 4. The van der Waals surface area contributed by atoms with Crippen LogP contribution in [-0.4, -0.2) is 35.8 Å². The number of nitrogens with one attached hydrogen (secondary N) is 2. The van der Waals surface area contributed by atoms with Gasteiger partial charge in [0, 0.05) is 6.54 Å². The number of nitriles is 1. The smallest absolute Gasteiger partial charge is 0.325 e. The quantitative estimate of drug-likeness (QED) is 0.612. The Bertz CT molecular complexity index is 747. The van der Waals surface area contributed by atoms with E-state index in [4.69, 9.17) is 5.26 Å². The van der Waals surface area contributed by atoms with E-state index in [9.17, 15) is 23.2 Å². The number of nitrogens with zero attached hydrogens (tertiary/aromatic N) is 2. The Morgan fingerprint density at radius 1 is 1.38 bits per heavy atom. The summed E-state index contributed by atoms with van der Waals surface area (Å²) in [5, 5.41) is 13.2. The molecule has 24 heavy (non-hydrogen) atoms. The molecule has 0 bridgehead atoms. The first-order valence-corrected chi connectivity index (χ1v) is 7.03. The highest BCUT2D eigenvalue weighted by molar-refractivity contribution is 6.09. The summed E-state index contributed by atoms with van der Waals surface area (Å²) in [6.07, 6.45) is 0.0957. The molecule has 1 unspecified atom stereocenters. The Balaban J connectivity index is 2.17. The minimum atomic E-state index is -1.60. The van der Waals surface area contributed by atoms with Crippen molar-refractivity contribution in [1.29, 1.82) is 5.26 Å². The van der Waals surface area contributed by atoms with Crippen LogP contribution < -0.4 is 10.6 Å².